The van der Waals surface area contributed by atoms with Crippen molar-refractivity contribution in [3.63, 3.8) is 0 Å². The van der Waals surface area contributed by atoms with Crippen LogP contribution in [0.25, 0.3) is 0 Å². The van der Waals surface area contributed by atoms with Crippen molar-refractivity contribution >= 4 is 12.0 Å². The average molecular weight is 300 g/mol. The molecule has 0 bridgehead atoms. The maximum Gasteiger partial charge on any atom is 0.338 e. The molecule has 2 rings (SSSR count). The summed E-state index contributed by atoms with van der Waals surface area (Å²) in [6.45, 7) is 7.78. The molecule has 1 aromatic rings. The van der Waals surface area contributed by atoms with E-state index in [4.69, 9.17) is 4.74 Å². The van der Waals surface area contributed by atoms with E-state index in [-0.39, 0.29) is 12.6 Å². The van der Waals surface area contributed by atoms with Crippen LogP contribution in [0.4, 0.5) is 4.79 Å². The third-order valence-electron chi connectivity index (χ3n) is 3.54. The molecule has 0 saturated heterocycles. The lowest BCUT2D eigenvalue weighted by Crippen LogP contribution is -2.48. The zero-order chi connectivity index (χ0) is 16.1. The van der Waals surface area contributed by atoms with Crippen molar-refractivity contribution in [2.24, 2.45) is 0 Å². The summed E-state index contributed by atoms with van der Waals surface area (Å²) < 4.78 is 5.16. The Morgan fingerprint density at radius 3 is 2.68 bits per heavy atom. The first-order valence-corrected chi connectivity index (χ1v) is 7.21. The molecule has 1 aliphatic rings. The van der Waals surface area contributed by atoms with Crippen molar-refractivity contribution in [3.05, 3.63) is 59.8 Å². The summed E-state index contributed by atoms with van der Waals surface area (Å²) in [7, 11) is 0. The maximum atomic E-state index is 12.4. The highest BCUT2D eigenvalue weighted by Crippen LogP contribution is 2.31. The van der Waals surface area contributed by atoms with Crippen molar-refractivity contribution in [2.45, 2.75) is 19.9 Å². The number of hydrogen-bond donors (Lipinski definition) is 1. The van der Waals surface area contributed by atoms with Gasteiger partial charge in [-0.2, -0.15) is 0 Å². The molecule has 0 fully saturated rings. The van der Waals surface area contributed by atoms with Gasteiger partial charge in [-0.15, -0.1) is 6.58 Å². The third kappa shape index (κ3) is 3.03. The van der Waals surface area contributed by atoms with Gasteiger partial charge in [0.05, 0.1) is 18.2 Å². The molecule has 0 saturated carbocycles. The summed E-state index contributed by atoms with van der Waals surface area (Å²) >= 11 is 0. The van der Waals surface area contributed by atoms with E-state index in [1.165, 1.54) is 4.90 Å². The van der Waals surface area contributed by atoms with E-state index in [1.807, 2.05) is 30.3 Å². The van der Waals surface area contributed by atoms with Gasteiger partial charge >= 0.3 is 12.0 Å². The molecule has 1 unspecified atom stereocenters. The number of ether oxygens (including phenoxy) is 1. The molecular weight excluding hydrogens is 280 g/mol. The molecule has 1 aliphatic heterocycles. The van der Waals surface area contributed by atoms with Crippen LogP contribution in [0.15, 0.2) is 54.3 Å². The van der Waals surface area contributed by atoms with Crippen LogP contribution in [0.5, 0.6) is 0 Å². The topological polar surface area (TPSA) is 58.6 Å². The highest BCUT2D eigenvalue weighted by molar-refractivity contribution is 5.95. The smallest absolute Gasteiger partial charge is 0.338 e. The number of benzene rings is 1. The average Bonchev–Trinajstić information content (AvgIpc) is 2.52. The number of esters is 1. The lowest BCUT2D eigenvalue weighted by molar-refractivity contribution is -0.139. The summed E-state index contributed by atoms with van der Waals surface area (Å²) in [6.07, 6.45) is 1.62. The number of nitrogens with zero attached hydrogens (tertiary/aromatic N) is 1. The molecular formula is C17H20N2O3. The van der Waals surface area contributed by atoms with Gasteiger partial charge in [-0.3, -0.25) is 4.90 Å². The van der Waals surface area contributed by atoms with E-state index < -0.39 is 12.0 Å². The Labute approximate surface area is 130 Å². The summed E-state index contributed by atoms with van der Waals surface area (Å²) in [5.74, 6) is -0.414. The second kappa shape index (κ2) is 6.93. The van der Waals surface area contributed by atoms with Crippen LogP contribution in [0.2, 0.25) is 0 Å². The molecule has 116 valence electrons. The van der Waals surface area contributed by atoms with Crippen molar-refractivity contribution < 1.29 is 14.3 Å². The Morgan fingerprint density at radius 1 is 1.41 bits per heavy atom. The second-order valence-corrected chi connectivity index (χ2v) is 4.91. The number of amides is 2. The first kappa shape index (κ1) is 15.8. The van der Waals surface area contributed by atoms with Crippen molar-refractivity contribution in [1.82, 2.24) is 10.2 Å². The fourth-order valence-corrected chi connectivity index (χ4v) is 2.50. The third-order valence-corrected chi connectivity index (χ3v) is 3.54. The van der Waals surface area contributed by atoms with Gasteiger partial charge in [0.15, 0.2) is 0 Å². The lowest BCUT2D eigenvalue weighted by Gasteiger charge is -2.34. The first-order chi connectivity index (χ1) is 10.6. The van der Waals surface area contributed by atoms with Crippen LogP contribution in [-0.2, 0) is 9.53 Å². The number of hydrogen-bond acceptors (Lipinski definition) is 3. The van der Waals surface area contributed by atoms with Gasteiger partial charge in [0.25, 0.3) is 0 Å². The molecule has 0 radical (unpaired) electrons. The van der Waals surface area contributed by atoms with Crippen molar-refractivity contribution in [2.75, 3.05) is 13.2 Å². The Hall–Kier alpha value is -2.56. The number of allylic oxidation sites excluding steroid dienone is 1. The second-order valence-electron chi connectivity index (χ2n) is 4.91. The van der Waals surface area contributed by atoms with Crippen molar-refractivity contribution in [1.29, 1.82) is 0 Å². The molecule has 2 amide bonds. The quantitative estimate of drug-likeness (QED) is 0.672. The molecule has 1 aromatic carbocycles. The minimum atomic E-state index is -0.506. The zero-order valence-corrected chi connectivity index (χ0v) is 12.8. The monoisotopic (exact) mass is 300 g/mol. The Morgan fingerprint density at radius 2 is 2.09 bits per heavy atom. The molecule has 1 heterocycles. The number of nitrogens with one attached hydrogen (secondary N) is 1. The molecule has 0 aromatic heterocycles. The van der Waals surface area contributed by atoms with Crippen LogP contribution < -0.4 is 5.32 Å². The highest BCUT2D eigenvalue weighted by atomic mass is 16.5. The Bertz CT molecular complexity index is 608. The van der Waals surface area contributed by atoms with Crippen molar-refractivity contribution in [3.8, 4) is 0 Å². The summed E-state index contributed by atoms with van der Waals surface area (Å²) in [5.41, 5.74) is 1.89. The van der Waals surface area contributed by atoms with Crippen LogP contribution in [-0.4, -0.2) is 30.1 Å². The van der Waals surface area contributed by atoms with E-state index in [9.17, 15) is 9.59 Å². The van der Waals surface area contributed by atoms with Crippen LogP contribution in [0.3, 0.4) is 0 Å². The molecule has 0 spiro atoms. The van der Waals surface area contributed by atoms with Gasteiger partial charge in [-0.05, 0) is 19.4 Å². The van der Waals surface area contributed by atoms with E-state index in [0.29, 0.717) is 17.8 Å². The van der Waals surface area contributed by atoms with Gasteiger partial charge in [0.2, 0.25) is 0 Å². The molecule has 0 aliphatic carbocycles. The van der Waals surface area contributed by atoms with E-state index in [0.717, 1.165) is 5.56 Å². The standard InChI is InChI=1S/C17H20N2O3/c1-4-11-19-12(3)14(16(20)22-5-2)15(18-17(19)21)13-9-7-6-8-10-13/h4,6-10,15H,1,5,11H2,2-3H3,(H,18,21). The highest BCUT2D eigenvalue weighted by Gasteiger charge is 2.35. The van der Waals surface area contributed by atoms with Crippen LogP contribution in [0, 0.1) is 0 Å². The van der Waals surface area contributed by atoms with Gasteiger partial charge in [-0.1, -0.05) is 36.4 Å². The number of carbonyl (C=O) groups is 2. The number of rotatable bonds is 5. The van der Waals surface area contributed by atoms with Crippen LogP contribution >= 0.6 is 0 Å². The maximum absolute atomic E-state index is 12.4. The lowest BCUT2D eigenvalue weighted by atomic mass is 9.95. The zero-order valence-electron chi connectivity index (χ0n) is 12.8. The normalized spacial score (nSPS) is 18.0. The predicted octanol–water partition coefficient (Wildman–Crippen LogP) is 2.78. The molecule has 1 N–H and O–H groups in total. The fraction of sp³-hybridized carbons (Fsp3) is 0.294. The van der Waals surface area contributed by atoms with Gasteiger partial charge in [0, 0.05) is 12.2 Å². The SMILES string of the molecule is C=CCN1C(=O)NC(c2ccccc2)C(C(=O)OCC)=C1C. The van der Waals surface area contributed by atoms with E-state index in [2.05, 4.69) is 11.9 Å². The van der Waals surface area contributed by atoms with Gasteiger partial charge < -0.3 is 10.1 Å². The van der Waals surface area contributed by atoms with Crippen LogP contribution in [0.1, 0.15) is 25.5 Å². The van der Waals surface area contributed by atoms with E-state index in [1.54, 1.807) is 19.9 Å². The van der Waals surface area contributed by atoms with Gasteiger partial charge in [0.1, 0.15) is 0 Å². The van der Waals surface area contributed by atoms with Gasteiger partial charge in [-0.25, -0.2) is 9.59 Å². The Balaban J connectivity index is 2.50. The molecule has 5 nitrogen and oxygen atoms in total. The predicted molar refractivity (Wildman–Crippen MR) is 84.0 cm³/mol. The minimum Gasteiger partial charge on any atom is -0.463 e. The Kier molecular flexibility index (Phi) is 4.99. The molecule has 1 atom stereocenters. The molecule has 22 heavy (non-hydrogen) atoms. The minimum absolute atomic E-state index is 0.251. The first-order valence-electron chi connectivity index (χ1n) is 7.21. The molecule has 5 heteroatoms. The summed E-state index contributed by atoms with van der Waals surface area (Å²) in [6, 6.07) is 8.62. The number of carbonyl (C=O) groups excluding carboxylic acids is 2. The fourth-order valence-electron chi connectivity index (χ4n) is 2.50. The largest absolute Gasteiger partial charge is 0.463 e. The van der Waals surface area contributed by atoms with E-state index >= 15 is 0 Å². The number of urea groups is 1. The summed E-state index contributed by atoms with van der Waals surface area (Å²) in [5, 5.41) is 2.87. The summed E-state index contributed by atoms with van der Waals surface area (Å²) in [4.78, 5) is 26.1.